The molecule has 2 aromatic rings. The lowest BCUT2D eigenvalue weighted by molar-refractivity contribution is -0.0496. The molecule has 0 atom stereocenters. The van der Waals surface area contributed by atoms with Crippen molar-refractivity contribution in [3.8, 4) is 17.2 Å². The van der Waals surface area contributed by atoms with Gasteiger partial charge in [0.15, 0.2) is 34.5 Å². The van der Waals surface area contributed by atoms with Gasteiger partial charge in [0.25, 0.3) is 0 Å². The lowest BCUT2D eigenvalue weighted by atomic mass is 10.0. The number of ketones is 1. The van der Waals surface area contributed by atoms with Gasteiger partial charge in [-0.25, -0.2) is 0 Å². The Labute approximate surface area is 123 Å². The van der Waals surface area contributed by atoms with Crippen LogP contribution in [0, 0.1) is 0 Å². The molecule has 0 heterocycles. The van der Waals surface area contributed by atoms with Gasteiger partial charge in [0.2, 0.25) is 11.5 Å². The highest BCUT2D eigenvalue weighted by Crippen LogP contribution is 2.39. The molecule has 0 aliphatic carbocycles. The van der Waals surface area contributed by atoms with Gasteiger partial charge < -0.3 is 15.1 Å². The van der Waals surface area contributed by atoms with E-state index < -0.39 is 17.3 Å². The fourth-order valence-corrected chi connectivity index (χ4v) is 1.78. The first-order chi connectivity index (χ1) is 9.15. The normalized spacial score (nSPS) is 10.2. The molecular formula is C13H9IO5. The number of rotatable bonds is 4. The second-order valence-electron chi connectivity index (χ2n) is 3.65. The van der Waals surface area contributed by atoms with Gasteiger partial charge in [0.1, 0.15) is 0 Å². The third-order valence-corrected chi connectivity index (χ3v) is 2.70. The molecule has 0 radical (unpaired) electrons. The van der Waals surface area contributed by atoms with Crippen molar-refractivity contribution in [2.75, 3.05) is 0 Å². The van der Waals surface area contributed by atoms with E-state index in [1.54, 1.807) is 30.3 Å². The van der Waals surface area contributed by atoms with Crippen molar-refractivity contribution >= 4 is 28.8 Å². The molecule has 0 spiro atoms. The number of benzene rings is 2. The largest absolute Gasteiger partial charge is 0.504 e. The Balaban J connectivity index is 2.42. The topological polar surface area (TPSA) is 76.0 Å². The van der Waals surface area contributed by atoms with E-state index in [2.05, 4.69) is 8.10 Å². The van der Waals surface area contributed by atoms with Crippen LogP contribution < -0.4 is 4.89 Å². The molecule has 2 N–H and O–H groups in total. The van der Waals surface area contributed by atoms with E-state index in [1.165, 1.54) is 35.1 Å². The van der Waals surface area contributed by atoms with Crippen LogP contribution in [-0.4, -0.2) is 16.0 Å². The van der Waals surface area contributed by atoms with E-state index in [0.717, 1.165) is 0 Å². The van der Waals surface area contributed by atoms with Crippen molar-refractivity contribution in [3.63, 3.8) is 0 Å². The molecule has 2 aromatic carbocycles. The molecule has 98 valence electrons. The molecule has 19 heavy (non-hydrogen) atoms. The Morgan fingerprint density at radius 2 is 1.68 bits per heavy atom. The van der Waals surface area contributed by atoms with Crippen LogP contribution in [0.1, 0.15) is 15.9 Å². The summed E-state index contributed by atoms with van der Waals surface area (Å²) in [6.07, 6.45) is 0. The van der Waals surface area contributed by atoms with Crippen molar-refractivity contribution in [1.29, 1.82) is 0 Å². The summed E-state index contributed by atoms with van der Waals surface area (Å²) in [4.78, 5) is 16.8. The zero-order valence-electron chi connectivity index (χ0n) is 9.54. The first-order valence-electron chi connectivity index (χ1n) is 5.25. The minimum absolute atomic E-state index is 0.00971. The third kappa shape index (κ3) is 2.79. The Hall–Kier alpha value is -1.80. The van der Waals surface area contributed by atoms with Gasteiger partial charge in [-0.15, -0.1) is 3.22 Å². The van der Waals surface area contributed by atoms with E-state index >= 15 is 0 Å². The van der Waals surface area contributed by atoms with Crippen molar-refractivity contribution < 1.29 is 23.1 Å². The second kappa shape index (κ2) is 5.89. The maximum atomic E-state index is 12.1. The zero-order valence-corrected chi connectivity index (χ0v) is 11.7. The SMILES string of the molecule is O=C(c1ccccc1)c1ccc(OOI)c(O)c1O. The van der Waals surface area contributed by atoms with Gasteiger partial charge in [-0.1, -0.05) is 30.3 Å². The Kier molecular flexibility index (Phi) is 4.23. The molecule has 0 aliphatic heterocycles. The molecule has 0 bridgehead atoms. The molecule has 0 aromatic heterocycles. The van der Waals surface area contributed by atoms with E-state index in [9.17, 15) is 15.0 Å². The summed E-state index contributed by atoms with van der Waals surface area (Å²) < 4.78 is 4.36. The van der Waals surface area contributed by atoms with Crippen LogP contribution in [-0.2, 0) is 3.22 Å². The molecular weight excluding hydrogens is 363 g/mol. The number of phenolic OH excluding ortho intramolecular Hbond substituents is 2. The fraction of sp³-hybridized carbons (Fsp3) is 0. The number of carbonyl (C=O) groups is 1. The Bertz CT molecular complexity index is 597. The first kappa shape index (κ1) is 13.6. The quantitative estimate of drug-likeness (QED) is 0.284. The number of carbonyl (C=O) groups excluding carboxylic acids is 1. The second-order valence-corrected chi connectivity index (χ2v) is 4.01. The summed E-state index contributed by atoms with van der Waals surface area (Å²) in [7, 11) is 0. The zero-order chi connectivity index (χ0) is 13.8. The predicted molar refractivity (Wildman–Crippen MR) is 75.4 cm³/mol. The minimum Gasteiger partial charge on any atom is -0.504 e. The number of phenols is 2. The summed E-state index contributed by atoms with van der Waals surface area (Å²) in [5.74, 6) is -1.55. The van der Waals surface area contributed by atoms with Gasteiger partial charge in [0.05, 0.1) is 5.56 Å². The van der Waals surface area contributed by atoms with Crippen LogP contribution in [0.15, 0.2) is 42.5 Å². The fourth-order valence-electron chi connectivity index (χ4n) is 1.59. The minimum atomic E-state index is -0.543. The molecule has 0 amide bonds. The van der Waals surface area contributed by atoms with Gasteiger partial charge >= 0.3 is 0 Å². The standard InChI is InChI=1S/C13H9IO5/c14-19-18-10-7-6-9(12(16)13(10)17)11(15)8-4-2-1-3-5-8/h1-7,16-17H. The molecule has 0 aliphatic rings. The summed E-state index contributed by atoms with van der Waals surface area (Å²) in [5.41, 5.74) is 0.403. The summed E-state index contributed by atoms with van der Waals surface area (Å²) in [5, 5.41) is 19.5. The molecule has 0 fully saturated rings. The number of hydrogen-bond donors (Lipinski definition) is 2. The van der Waals surface area contributed by atoms with Crippen molar-refractivity contribution in [2.24, 2.45) is 0 Å². The Morgan fingerprint density at radius 3 is 2.32 bits per heavy atom. The Morgan fingerprint density at radius 1 is 1.00 bits per heavy atom. The highest BCUT2D eigenvalue weighted by atomic mass is 127. The average Bonchev–Trinajstić information content (AvgIpc) is 2.45. The van der Waals surface area contributed by atoms with E-state index in [4.69, 9.17) is 0 Å². The van der Waals surface area contributed by atoms with Gasteiger partial charge in [-0.05, 0) is 12.1 Å². The molecule has 0 unspecified atom stereocenters. The highest BCUT2D eigenvalue weighted by Gasteiger charge is 2.19. The molecule has 0 saturated carbocycles. The number of hydrogen-bond acceptors (Lipinski definition) is 5. The van der Waals surface area contributed by atoms with Crippen molar-refractivity contribution in [2.45, 2.75) is 0 Å². The van der Waals surface area contributed by atoms with Crippen LogP contribution in [0.25, 0.3) is 0 Å². The molecule has 0 saturated heterocycles. The van der Waals surface area contributed by atoms with Crippen LogP contribution in [0.2, 0.25) is 0 Å². The smallest absolute Gasteiger partial charge is 0.211 e. The maximum Gasteiger partial charge on any atom is 0.211 e. The molecule has 5 nitrogen and oxygen atoms in total. The first-order valence-corrected chi connectivity index (χ1v) is 6.13. The molecule has 2 rings (SSSR count). The van der Waals surface area contributed by atoms with Gasteiger partial charge in [-0.3, -0.25) is 4.79 Å². The highest BCUT2D eigenvalue weighted by molar-refractivity contribution is 14.1. The van der Waals surface area contributed by atoms with Crippen LogP contribution in [0.4, 0.5) is 0 Å². The maximum absolute atomic E-state index is 12.1. The van der Waals surface area contributed by atoms with Crippen molar-refractivity contribution in [3.05, 3.63) is 53.6 Å². The van der Waals surface area contributed by atoms with Crippen molar-refractivity contribution in [1.82, 2.24) is 0 Å². The van der Waals surface area contributed by atoms with E-state index in [0.29, 0.717) is 5.56 Å². The van der Waals surface area contributed by atoms with Gasteiger partial charge in [-0.2, -0.15) is 0 Å². The van der Waals surface area contributed by atoms with E-state index in [-0.39, 0.29) is 11.3 Å². The summed E-state index contributed by atoms with van der Waals surface area (Å²) in [6.45, 7) is 0. The predicted octanol–water partition coefficient (Wildman–Crippen LogP) is 2.99. The lowest BCUT2D eigenvalue weighted by Gasteiger charge is -2.08. The van der Waals surface area contributed by atoms with Crippen LogP contribution in [0.3, 0.4) is 0 Å². The van der Waals surface area contributed by atoms with E-state index in [1.807, 2.05) is 0 Å². The summed E-state index contributed by atoms with van der Waals surface area (Å²) >= 11 is 1.47. The van der Waals surface area contributed by atoms with Crippen LogP contribution >= 0.6 is 23.0 Å². The number of halogens is 1. The van der Waals surface area contributed by atoms with Gasteiger partial charge in [0, 0.05) is 5.56 Å². The third-order valence-electron chi connectivity index (χ3n) is 2.52. The molecule has 6 heteroatoms. The monoisotopic (exact) mass is 372 g/mol. The summed E-state index contributed by atoms with van der Waals surface area (Å²) in [6, 6.07) is 11.1. The average molecular weight is 372 g/mol. The van der Waals surface area contributed by atoms with Crippen LogP contribution in [0.5, 0.6) is 17.2 Å². The number of aromatic hydroxyl groups is 2. The lowest BCUT2D eigenvalue weighted by Crippen LogP contribution is -2.02.